The summed E-state index contributed by atoms with van der Waals surface area (Å²) in [6.45, 7) is 5.98. The molecule has 0 radical (unpaired) electrons. The van der Waals surface area contributed by atoms with Crippen molar-refractivity contribution < 1.29 is 18.9 Å². The minimum absolute atomic E-state index is 0.0475. The molecule has 0 bridgehead atoms. The van der Waals surface area contributed by atoms with Crippen LogP contribution in [0.1, 0.15) is 78.1 Å². The van der Waals surface area contributed by atoms with E-state index in [-0.39, 0.29) is 12.6 Å². The molecule has 4 unspecified atom stereocenters. The Labute approximate surface area is 135 Å². The van der Waals surface area contributed by atoms with Crippen molar-refractivity contribution in [3.63, 3.8) is 0 Å². The van der Waals surface area contributed by atoms with Crippen LogP contribution in [0.3, 0.4) is 0 Å². The van der Waals surface area contributed by atoms with Crippen molar-refractivity contribution >= 4 is 0 Å². The molecule has 0 saturated carbocycles. The highest BCUT2D eigenvalue weighted by atomic mass is 16.7. The lowest BCUT2D eigenvalue weighted by Gasteiger charge is -2.28. The maximum absolute atomic E-state index is 5.76. The molecule has 0 amide bonds. The van der Waals surface area contributed by atoms with E-state index in [1.54, 1.807) is 0 Å². The number of hydrogen-bond acceptors (Lipinski definition) is 4. The zero-order valence-corrected chi connectivity index (χ0v) is 14.4. The van der Waals surface area contributed by atoms with E-state index < -0.39 is 0 Å². The maximum atomic E-state index is 5.76. The van der Waals surface area contributed by atoms with Crippen LogP contribution >= 0.6 is 0 Å². The quantitative estimate of drug-likeness (QED) is 0.591. The molecule has 0 spiro atoms. The van der Waals surface area contributed by atoms with E-state index in [9.17, 15) is 0 Å². The molecule has 0 N–H and O–H groups in total. The van der Waals surface area contributed by atoms with E-state index in [4.69, 9.17) is 18.9 Å². The summed E-state index contributed by atoms with van der Waals surface area (Å²) < 4.78 is 22.8. The molecule has 2 fully saturated rings. The van der Waals surface area contributed by atoms with E-state index >= 15 is 0 Å². The van der Waals surface area contributed by atoms with E-state index in [1.165, 1.54) is 38.5 Å². The second-order valence-electron chi connectivity index (χ2n) is 6.77. The summed E-state index contributed by atoms with van der Waals surface area (Å²) in [5.74, 6) is 0. The van der Waals surface area contributed by atoms with Gasteiger partial charge in [0.1, 0.15) is 0 Å². The molecule has 2 heterocycles. The molecule has 0 aliphatic carbocycles. The van der Waals surface area contributed by atoms with Gasteiger partial charge in [-0.25, -0.2) is 0 Å². The van der Waals surface area contributed by atoms with Crippen LogP contribution in [-0.4, -0.2) is 38.0 Å². The van der Waals surface area contributed by atoms with Gasteiger partial charge in [-0.3, -0.25) is 0 Å². The second kappa shape index (κ2) is 10.6. The first-order valence-electron chi connectivity index (χ1n) is 9.28. The van der Waals surface area contributed by atoms with Gasteiger partial charge in [-0.2, -0.15) is 0 Å². The number of unbranched alkanes of at least 4 members (excludes halogenated alkanes) is 5. The van der Waals surface area contributed by atoms with Gasteiger partial charge < -0.3 is 18.9 Å². The Morgan fingerprint density at radius 1 is 0.636 bits per heavy atom. The normalized spacial score (nSPS) is 33.0. The van der Waals surface area contributed by atoms with Crippen molar-refractivity contribution in [3.05, 3.63) is 0 Å². The molecule has 0 aromatic carbocycles. The molecule has 2 rings (SSSR count). The fourth-order valence-corrected chi connectivity index (χ4v) is 3.10. The smallest absolute Gasteiger partial charge is 0.157 e. The van der Waals surface area contributed by atoms with Crippen LogP contribution in [0.25, 0.3) is 0 Å². The fourth-order valence-electron chi connectivity index (χ4n) is 3.10. The number of rotatable bonds is 9. The minimum atomic E-state index is 0.0475. The van der Waals surface area contributed by atoms with Crippen LogP contribution in [0.4, 0.5) is 0 Å². The third-order valence-corrected chi connectivity index (χ3v) is 4.55. The lowest BCUT2D eigenvalue weighted by Crippen LogP contribution is -2.30. The van der Waals surface area contributed by atoms with Gasteiger partial charge in [0, 0.05) is 0 Å². The molecule has 4 nitrogen and oxygen atoms in total. The largest absolute Gasteiger partial charge is 0.353 e. The lowest BCUT2D eigenvalue weighted by molar-refractivity contribution is -0.210. The second-order valence-corrected chi connectivity index (χ2v) is 6.77. The fraction of sp³-hybridized carbons (Fsp3) is 1.00. The van der Waals surface area contributed by atoms with Crippen molar-refractivity contribution in [1.29, 1.82) is 0 Å². The summed E-state index contributed by atoms with van der Waals surface area (Å²) in [7, 11) is 0. The predicted octanol–water partition coefficient (Wildman–Crippen LogP) is 4.41. The highest BCUT2D eigenvalue weighted by Crippen LogP contribution is 2.19. The van der Waals surface area contributed by atoms with E-state index in [2.05, 4.69) is 13.8 Å². The molecule has 4 atom stereocenters. The van der Waals surface area contributed by atoms with Gasteiger partial charge in [0.25, 0.3) is 0 Å². The standard InChI is InChI=1S/C18H34O4/c1-15-11-13-19-17(21-15)9-7-5-3-4-6-8-10-18-20-14-12-16(2)22-18/h15-18H,3-14H2,1-2H3. The number of hydrogen-bond donors (Lipinski definition) is 0. The molecular formula is C18H34O4. The first kappa shape index (κ1) is 18.2. The van der Waals surface area contributed by atoms with Crippen molar-refractivity contribution in [2.75, 3.05) is 13.2 Å². The Hall–Kier alpha value is -0.160. The summed E-state index contributed by atoms with van der Waals surface area (Å²) in [5, 5.41) is 0. The molecule has 2 aliphatic heterocycles. The zero-order valence-electron chi connectivity index (χ0n) is 14.4. The van der Waals surface area contributed by atoms with Crippen molar-refractivity contribution in [1.82, 2.24) is 0 Å². The molecule has 2 aliphatic rings. The van der Waals surface area contributed by atoms with Crippen LogP contribution in [0.5, 0.6) is 0 Å². The first-order chi connectivity index (χ1) is 10.7. The van der Waals surface area contributed by atoms with Gasteiger partial charge in [-0.1, -0.05) is 25.7 Å². The Balaban J connectivity index is 1.37. The molecule has 130 valence electrons. The highest BCUT2D eigenvalue weighted by molar-refractivity contribution is 4.61. The van der Waals surface area contributed by atoms with Gasteiger partial charge in [0.05, 0.1) is 25.4 Å². The SMILES string of the molecule is CC1CCOC(CCCCCCCCC2OCCC(C)O2)O1. The van der Waals surface area contributed by atoms with E-state index in [0.717, 1.165) is 38.9 Å². The summed E-state index contributed by atoms with van der Waals surface area (Å²) in [6.07, 6.45) is 12.6. The lowest BCUT2D eigenvalue weighted by atomic mass is 10.1. The van der Waals surface area contributed by atoms with Crippen molar-refractivity contribution in [2.24, 2.45) is 0 Å². The maximum Gasteiger partial charge on any atom is 0.157 e. The predicted molar refractivity (Wildman–Crippen MR) is 86.7 cm³/mol. The van der Waals surface area contributed by atoms with Crippen LogP contribution in [0.15, 0.2) is 0 Å². The molecule has 0 aromatic heterocycles. The van der Waals surface area contributed by atoms with Gasteiger partial charge >= 0.3 is 0 Å². The Morgan fingerprint density at radius 2 is 1.05 bits per heavy atom. The third-order valence-electron chi connectivity index (χ3n) is 4.55. The van der Waals surface area contributed by atoms with E-state index in [1.807, 2.05) is 0 Å². The molecule has 0 aromatic rings. The van der Waals surface area contributed by atoms with Crippen molar-refractivity contribution in [3.8, 4) is 0 Å². The van der Waals surface area contributed by atoms with E-state index in [0.29, 0.717) is 12.2 Å². The topological polar surface area (TPSA) is 36.9 Å². The average Bonchev–Trinajstić information content (AvgIpc) is 2.50. The molecule has 22 heavy (non-hydrogen) atoms. The van der Waals surface area contributed by atoms with Gasteiger partial charge in [0.2, 0.25) is 0 Å². The monoisotopic (exact) mass is 314 g/mol. The number of ether oxygens (including phenoxy) is 4. The molecular weight excluding hydrogens is 280 g/mol. The summed E-state index contributed by atoms with van der Waals surface area (Å²) >= 11 is 0. The Bertz CT molecular complexity index is 256. The average molecular weight is 314 g/mol. The summed E-state index contributed by atoms with van der Waals surface area (Å²) in [5.41, 5.74) is 0. The minimum Gasteiger partial charge on any atom is -0.353 e. The van der Waals surface area contributed by atoms with Crippen LogP contribution in [0.2, 0.25) is 0 Å². The van der Waals surface area contributed by atoms with Crippen LogP contribution in [-0.2, 0) is 18.9 Å². The van der Waals surface area contributed by atoms with Gasteiger partial charge in [-0.15, -0.1) is 0 Å². The molecule has 4 heteroatoms. The summed E-state index contributed by atoms with van der Waals surface area (Å²) in [6, 6.07) is 0. The van der Waals surface area contributed by atoms with Crippen LogP contribution in [0, 0.1) is 0 Å². The first-order valence-corrected chi connectivity index (χ1v) is 9.28. The highest BCUT2D eigenvalue weighted by Gasteiger charge is 2.19. The van der Waals surface area contributed by atoms with Gasteiger partial charge in [-0.05, 0) is 52.4 Å². The van der Waals surface area contributed by atoms with Crippen LogP contribution < -0.4 is 0 Å². The Kier molecular flexibility index (Phi) is 8.75. The molecule has 2 saturated heterocycles. The Morgan fingerprint density at radius 3 is 1.45 bits per heavy atom. The summed E-state index contributed by atoms with van der Waals surface area (Å²) in [4.78, 5) is 0. The third kappa shape index (κ3) is 7.40. The zero-order chi connectivity index (χ0) is 15.6. The van der Waals surface area contributed by atoms with Crippen molar-refractivity contribution in [2.45, 2.75) is 103 Å². The van der Waals surface area contributed by atoms with Gasteiger partial charge in [0.15, 0.2) is 12.6 Å².